The minimum Gasteiger partial charge on any atom is -0.438 e. The lowest BCUT2D eigenvalue weighted by atomic mass is 9.88. The van der Waals surface area contributed by atoms with Crippen molar-refractivity contribution in [2.45, 2.75) is 39.0 Å². The molecule has 1 fully saturated rings. The van der Waals surface area contributed by atoms with Crippen LogP contribution in [-0.2, 0) is 4.79 Å². The number of hydrogen-bond donors (Lipinski definition) is 1. The van der Waals surface area contributed by atoms with E-state index in [1.54, 1.807) is 12.3 Å². The molecule has 0 spiro atoms. The number of hydrogen-bond acceptors (Lipinski definition) is 5. The van der Waals surface area contributed by atoms with Crippen molar-refractivity contribution in [1.82, 2.24) is 19.7 Å². The number of ether oxygens (including phenoxy) is 1. The SMILES string of the molecule is Cc1nccn1-c1ccc(Oc2ccc(NC(=O)C3CCCCC3)cc2)nn1. The summed E-state index contributed by atoms with van der Waals surface area (Å²) in [5.74, 6) is 2.82. The number of imidazole rings is 1. The highest BCUT2D eigenvalue weighted by Crippen LogP contribution is 2.26. The third-order valence-electron chi connectivity index (χ3n) is 5.02. The Labute approximate surface area is 163 Å². The van der Waals surface area contributed by atoms with Gasteiger partial charge in [-0.1, -0.05) is 19.3 Å². The lowest BCUT2D eigenvalue weighted by Gasteiger charge is -2.20. The molecule has 28 heavy (non-hydrogen) atoms. The zero-order valence-electron chi connectivity index (χ0n) is 15.8. The van der Waals surface area contributed by atoms with E-state index in [0.29, 0.717) is 17.4 Å². The molecule has 2 aromatic heterocycles. The summed E-state index contributed by atoms with van der Waals surface area (Å²) in [6.07, 6.45) is 9.05. The number of carbonyl (C=O) groups excluding carboxylic acids is 1. The van der Waals surface area contributed by atoms with Crippen molar-refractivity contribution >= 4 is 11.6 Å². The van der Waals surface area contributed by atoms with Gasteiger partial charge in [-0.2, -0.15) is 0 Å². The lowest BCUT2D eigenvalue weighted by molar-refractivity contribution is -0.120. The van der Waals surface area contributed by atoms with E-state index in [1.807, 2.05) is 48.0 Å². The molecule has 0 bridgehead atoms. The number of carbonyl (C=O) groups is 1. The summed E-state index contributed by atoms with van der Waals surface area (Å²) in [4.78, 5) is 16.5. The number of anilines is 1. The maximum absolute atomic E-state index is 12.3. The Hall–Kier alpha value is -3.22. The van der Waals surface area contributed by atoms with Crippen molar-refractivity contribution in [3.05, 3.63) is 54.6 Å². The standard InChI is InChI=1S/C21H23N5O2/c1-15-22-13-14-26(15)19-11-12-20(25-24-19)28-18-9-7-17(8-10-18)23-21(27)16-5-3-2-4-6-16/h7-14,16H,2-6H2,1H3,(H,23,27). The summed E-state index contributed by atoms with van der Waals surface area (Å²) < 4.78 is 7.59. The molecule has 0 saturated heterocycles. The Bertz CT molecular complexity index is 928. The van der Waals surface area contributed by atoms with Gasteiger partial charge in [0.1, 0.15) is 11.6 Å². The first-order valence-corrected chi connectivity index (χ1v) is 9.62. The van der Waals surface area contributed by atoms with Gasteiger partial charge in [-0.05, 0) is 50.1 Å². The molecule has 1 N–H and O–H groups in total. The lowest BCUT2D eigenvalue weighted by Crippen LogP contribution is -2.24. The average Bonchev–Trinajstić information content (AvgIpc) is 3.16. The van der Waals surface area contributed by atoms with Crippen LogP contribution in [0.4, 0.5) is 5.69 Å². The smallest absolute Gasteiger partial charge is 0.238 e. The molecule has 0 atom stereocenters. The van der Waals surface area contributed by atoms with E-state index in [2.05, 4.69) is 20.5 Å². The zero-order chi connectivity index (χ0) is 19.3. The first-order valence-electron chi connectivity index (χ1n) is 9.62. The Balaban J connectivity index is 1.36. The molecule has 0 radical (unpaired) electrons. The van der Waals surface area contributed by atoms with Crippen LogP contribution >= 0.6 is 0 Å². The molecule has 1 aliphatic rings. The van der Waals surface area contributed by atoms with Crippen LogP contribution in [0.1, 0.15) is 37.9 Å². The number of nitrogens with zero attached hydrogens (tertiary/aromatic N) is 4. The second-order valence-corrected chi connectivity index (χ2v) is 7.02. The van der Waals surface area contributed by atoms with Crippen molar-refractivity contribution in [2.75, 3.05) is 5.32 Å². The fourth-order valence-corrected chi connectivity index (χ4v) is 3.45. The molecule has 1 aliphatic carbocycles. The van der Waals surface area contributed by atoms with Crippen LogP contribution in [-0.4, -0.2) is 25.7 Å². The number of aryl methyl sites for hydroxylation is 1. The predicted molar refractivity (Wildman–Crippen MR) is 106 cm³/mol. The van der Waals surface area contributed by atoms with Crippen molar-refractivity contribution in [3.8, 4) is 17.4 Å². The molecular formula is C21H23N5O2. The first-order chi connectivity index (χ1) is 13.7. The molecule has 7 nitrogen and oxygen atoms in total. The van der Waals surface area contributed by atoms with E-state index in [0.717, 1.165) is 37.2 Å². The fraction of sp³-hybridized carbons (Fsp3) is 0.333. The Kier molecular flexibility index (Phi) is 5.32. The number of nitrogens with one attached hydrogen (secondary N) is 1. The predicted octanol–water partition coefficient (Wildman–Crippen LogP) is 4.28. The van der Waals surface area contributed by atoms with Gasteiger partial charge in [-0.25, -0.2) is 4.98 Å². The molecule has 1 saturated carbocycles. The Morgan fingerprint density at radius 2 is 1.86 bits per heavy atom. The zero-order valence-corrected chi connectivity index (χ0v) is 15.8. The van der Waals surface area contributed by atoms with Gasteiger partial charge in [-0.15, -0.1) is 10.2 Å². The topological polar surface area (TPSA) is 81.9 Å². The van der Waals surface area contributed by atoms with E-state index >= 15 is 0 Å². The summed E-state index contributed by atoms with van der Waals surface area (Å²) in [5, 5.41) is 11.3. The van der Waals surface area contributed by atoms with Gasteiger partial charge in [-0.3, -0.25) is 9.36 Å². The Morgan fingerprint density at radius 1 is 1.07 bits per heavy atom. The second kappa shape index (κ2) is 8.21. The van der Waals surface area contributed by atoms with E-state index in [9.17, 15) is 4.79 Å². The van der Waals surface area contributed by atoms with Gasteiger partial charge in [0.15, 0.2) is 5.82 Å². The Morgan fingerprint density at radius 3 is 2.50 bits per heavy atom. The van der Waals surface area contributed by atoms with Crippen LogP contribution < -0.4 is 10.1 Å². The summed E-state index contributed by atoms with van der Waals surface area (Å²) in [7, 11) is 0. The minimum absolute atomic E-state index is 0.115. The van der Waals surface area contributed by atoms with Crippen molar-refractivity contribution in [1.29, 1.82) is 0 Å². The van der Waals surface area contributed by atoms with Crippen LogP contribution in [0, 0.1) is 12.8 Å². The summed E-state index contributed by atoms with van der Waals surface area (Å²) >= 11 is 0. The van der Waals surface area contributed by atoms with Gasteiger partial charge >= 0.3 is 0 Å². The molecule has 0 aliphatic heterocycles. The number of amides is 1. The summed E-state index contributed by atoms with van der Waals surface area (Å²) in [6.45, 7) is 1.90. The van der Waals surface area contributed by atoms with Gasteiger partial charge in [0, 0.05) is 30.1 Å². The first kappa shape index (κ1) is 18.2. The van der Waals surface area contributed by atoms with Crippen molar-refractivity contribution < 1.29 is 9.53 Å². The summed E-state index contributed by atoms with van der Waals surface area (Å²) in [5.41, 5.74) is 0.778. The quantitative estimate of drug-likeness (QED) is 0.717. The van der Waals surface area contributed by atoms with Crippen LogP contribution in [0.2, 0.25) is 0 Å². The summed E-state index contributed by atoms with van der Waals surface area (Å²) in [6, 6.07) is 10.9. The van der Waals surface area contributed by atoms with Crippen molar-refractivity contribution in [3.63, 3.8) is 0 Å². The minimum atomic E-state index is 0.115. The maximum atomic E-state index is 12.3. The van der Waals surface area contributed by atoms with Crippen LogP contribution in [0.3, 0.4) is 0 Å². The third-order valence-corrected chi connectivity index (χ3v) is 5.02. The van der Waals surface area contributed by atoms with Crippen LogP contribution in [0.25, 0.3) is 5.82 Å². The second-order valence-electron chi connectivity index (χ2n) is 7.02. The van der Waals surface area contributed by atoms with Crippen LogP contribution in [0.5, 0.6) is 11.6 Å². The van der Waals surface area contributed by atoms with Gasteiger partial charge in [0.05, 0.1) is 0 Å². The average molecular weight is 377 g/mol. The highest BCUT2D eigenvalue weighted by Gasteiger charge is 2.20. The molecule has 3 aromatic rings. The highest BCUT2D eigenvalue weighted by atomic mass is 16.5. The molecule has 144 valence electrons. The molecular weight excluding hydrogens is 354 g/mol. The number of rotatable bonds is 5. The largest absolute Gasteiger partial charge is 0.438 e. The molecule has 7 heteroatoms. The highest BCUT2D eigenvalue weighted by molar-refractivity contribution is 5.92. The van der Waals surface area contributed by atoms with Gasteiger partial charge < -0.3 is 10.1 Å². The van der Waals surface area contributed by atoms with Crippen LogP contribution in [0.15, 0.2) is 48.8 Å². The molecule has 2 heterocycles. The third kappa shape index (κ3) is 4.19. The molecule has 1 amide bonds. The normalized spacial score (nSPS) is 14.6. The monoisotopic (exact) mass is 377 g/mol. The maximum Gasteiger partial charge on any atom is 0.238 e. The van der Waals surface area contributed by atoms with E-state index < -0.39 is 0 Å². The molecule has 0 unspecified atom stereocenters. The number of aromatic nitrogens is 4. The number of benzene rings is 1. The van der Waals surface area contributed by atoms with E-state index in [1.165, 1.54) is 6.42 Å². The van der Waals surface area contributed by atoms with E-state index in [-0.39, 0.29) is 11.8 Å². The van der Waals surface area contributed by atoms with Gasteiger partial charge in [0.25, 0.3) is 0 Å². The van der Waals surface area contributed by atoms with E-state index in [4.69, 9.17) is 4.74 Å². The van der Waals surface area contributed by atoms with Crippen molar-refractivity contribution in [2.24, 2.45) is 5.92 Å². The fourth-order valence-electron chi connectivity index (χ4n) is 3.45. The molecule has 4 rings (SSSR count). The molecule has 1 aromatic carbocycles. The van der Waals surface area contributed by atoms with Gasteiger partial charge in [0.2, 0.25) is 11.8 Å².